The Labute approximate surface area is 418 Å². The van der Waals surface area contributed by atoms with Crippen molar-refractivity contribution in [1.29, 1.82) is 0 Å². The van der Waals surface area contributed by atoms with Gasteiger partial charge in [0.05, 0.1) is 5.54 Å². The molecule has 1 saturated carbocycles. The topological polar surface area (TPSA) is 9.72 Å². The van der Waals surface area contributed by atoms with E-state index in [4.69, 9.17) is 0 Å². The SMILES string of the molecule is CC(c1ccc(N2c3cc(N4c5ccc(C(C)(C)C)cc5C5(C)CCCCC45C)cc4c3B3c5c2cccc5C(C)(C)c2cccc(c23)N4c2cc(C(C)(C)C)cc(C(C)(C)C)c2)cc1)S(C)(C)C. The van der Waals surface area contributed by atoms with Crippen molar-refractivity contribution in [3.05, 3.63) is 148 Å². The average Bonchev–Trinajstić information content (AvgIpc) is 3.49. The van der Waals surface area contributed by atoms with Crippen LogP contribution in [-0.2, 0) is 27.1 Å². The lowest BCUT2D eigenvalue weighted by molar-refractivity contribution is 0.195. The molecular formula is C64H78BN3S. The van der Waals surface area contributed by atoms with Gasteiger partial charge in [0.25, 0.3) is 6.71 Å². The maximum Gasteiger partial charge on any atom is 0.252 e. The quantitative estimate of drug-likeness (QED) is 0.159. The van der Waals surface area contributed by atoms with Crippen LogP contribution in [0.4, 0.5) is 45.5 Å². The highest BCUT2D eigenvalue weighted by Gasteiger charge is 2.59. The van der Waals surface area contributed by atoms with Crippen LogP contribution in [0, 0.1) is 0 Å². The van der Waals surface area contributed by atoms with Gasteiger partial charge in [-0.15, -0.1) is 0 Å². The van der Waals surface area contributed by atoms with E-state index in [0.717, 1.165) is 6.42 Å². The van der Waals surface area contributed by atoms with Gasteiger partial charge in [-0.2, -0.15) is 0 Å². The number of benzene rings is 6. The Bertz CT molecular complexity index is 3060. The second-order valence-corrected chi connectivity index (χ2v) is 31.2. The summed E-state index contributed by atoms with van der Waals surface area (Å²) in [5, 5.41) is 0.503. The smallest absolute Gasteiger partial charge is 0.252 e. The second kappa shape index (κ2) is 14.8. The van der Waals surface area contributed by atoms with E-state index < -0.39 is 10.0 Å². The second-order valence-electron chi connectivity index (χ2n) is 26.7. The lowest BCUT2D eigenvalue weighted by Gasteiger charge is -2.52. The van der Waals surface area contributed by atoms with Crippen LogP contribution >= 0.6 is 10.0 Å². The average molecular weight is 932 g/mol. The molecule has 3 unspecified atom stereocenters. The van der Waals surface area contributed by atoms with Gasteiger partial charge < -0.3 is 14.7 Å². The molecule has 5 aliphatic rings. The van der Waals surface area contributed by atoms with Crippen LogP contribution in [-0.4, -0.2) is 31.0 Å². The monoisotopic (exact) mass is 932 g/mol. The maximum atomic E-state index is 2.84. The summed E-state index contributed by atoms with van der Waals surface area (Å²) in [4.78, 5) is 8.23. The summed E-state index contributed by atoms with van der Waals surface area (Å²) in [5.74, 6) is 0. The lowest BCUT2D eigenvalue weighted by atomic mass is 9.28. The number of hydrogen-bond acceptors (Lipinski definition) is 3. The number of rotatable bonds is 5. The van der Waals surface area contributed by atoms with Gasteiger partial charge in [0, 0.05) is 61.6 Å². The molecule has 3 atom stereocenters. The Kier molecular flexibility index (Phi) is 10.0. The van der Waals surface area contributed by atoms with Crippen molar-refractivity contribution in [2.75, 3.05) is 33.5 Å². The fraction of sp³-hybridized carbons (Fsp3) is 0.438. The van der Waals surface area contributed by atoms with E-state index in [9.17, 15) is 0 Å². The zero-order chi connectivity index (χ0) is 49.3. The Morgan fingerprint density at radius 1 is 0.493 bits per heavy atom. The highest BCUT2D eigenvalue weighted by Crippen LogP contribution is 2.63. The van der Waals surface area contributed by atoms with Gasteiger partial charge in [0.15, 0.2) is 0 Å². The van der Waals surface area contributed by atoms with Crippen molar-refractivity contribution >= 4 is 78.6 Å². The molecule has 4 aliphatic heterocycles. The predicted molar refractivity (Wildman–Crippen MR) is 305 cm³/mol. The normalized spacial score (nSPS) is 21.8. The highest BCUT2D eigenvalue weighted by molar-refractivity contribution is 8.32. The van der Waals surface area contributed by atoms with E-state index >= 15 is 0 Å². The summed E-state index contributed by atoms with van der Waals surface area (Å²) < 4.78 is 0. The van der Waals surface area contributed by atoms with Gasteiger partial charge in [-0.05, 0) is 165 Å². The molecule has 6 aromatic carbocycles. The lowest BCUT2D eigenvalue weighted by Crippen LogP contribution is -2.67. The van der Waals surface area contributed by atoms with E-state index in [0.29, 0.717) is 5.25 Å². The number of hydrogen-bond donors (Lipinski definition) is 0. The van der Waals surface area contributed by atoms with Crippen LogP contribution in [0.2, 0.25) is 0 Å². The molecule has 0 bridgehead atoms. The van der Waals surface area contributed by atoms with Gasteiger partial charge in [0.2, 0.25) is 0 Å². The molecule has 0 aromatic heterocycles. The van der Waals surface area contributed by atoms with E-state index in [1.54, 1.807) is 0 Å². The van der Waals surface area contributed by atoms with Crippen LogP contribution in [0.3, 0.4) is 0 Å². The van der Waals surface area contributed by atoms with Gasteiger partial charge in [-0.25, -0.2) is 10.0 Å². The van der Waals surface area contributed by atoms with Crippen LogP contribution in [0.1, 0.15) is 167 Å². The minimum Gasteiger partial charge on any atom is -0.334 e. The Morgan fingerprint density at radius 3 is 1.54 bits per heavy atom. The van der Waals surface area contributed by atoms with E-state index in [1.807, 2.05) is 0 Å². The molecule has 69 heavy (non-hydrogen) atoms. The van der Waals surface area contributed by atoms with Crippen molar-refractivity contribution in [3.8, 4) is 0 Å². The number of fused-ring (bicyclic) bond motifs is 3. The molecule has 0 N–H and O–H groups in total. The molecule has 0 saturated heterocycles. The van der Waals surface area contributed by atoms with Crippen LogP contribution in [0.25, 0.3) is 0 Å². The first-order valence-corrected chi connectivity index (χ1v) is 29.0. The molecule has 1 aliphatic carbocycles. The summed E-state index contributed by atoms with van der Waals surface area (Å²) in [6, 6.07) is 44.5. The van der Waals surface area contributed by atoms with Crippen molar-refractivity contribution in [3.63, 3.8) is 0 Å². The molecule has 4 heterocycles. The molecule has 0 radical (unpaired) electrons. The zero-order valence-corrected chi connectivity index (χ0v) is 45.9. The van der Waals surface area contributed by atoms with E-state index in [2.05, 4.69) is 240 Å². The number of anilines is 8. The summed E-state index contributed by atoms with van der Waals surface area (Å²) in [7, 11) is -0.794. The third kappa shape index (κ3) is 6.67. The minimum absolute atomic E-state index is 0.00345. The standard InChI is InChI=1S/C64H78BN3S/c1-40(69(15,16)17)41-26-29-45(30-27-41)66-52-24-20-22-48-56(52)65-57-49(62(48,11)12)23-21-25-53(57)67(46-35-43(60(5,6)7)34-44(36-46)61(8,9)10)55-39-47(38-54(66)58(55)65)68-51-31-28-42(59(2,3)4)37-50(51)63(13)32-18-19-33-64(63,68)14/h20-31,34-40H,18-19,32-33H2,1-17H3. The van der Waals surface area contributed by atoms with Gasteiger partial charge in [-0.1, -0.05) is 157 Å². The molecule has 1 fully saturated rings. The Hall–Kier alpha value is -4.87. The van der Waals surface area contributed by atoms with Crippen LogP contribution in [0.15, 0.2) is 109 Å². The largest absolute Gasteiger partial charge is 0.334 e. The first kappa shape index (κ1) is 46.5. The number of nitrogens with zero attached hydrogens (tertiary/aromatic N) is 3. The van der Waals surface area contributed by atoms with Crippen molar-refractivity contribution < 1.29 is 0 Å². The third-order valence-corrected chi connectivity index (χ3v) is 20.7. The van der Waals surface area contributed by atoms with Gasteiger partial charge >= 0.3 is 0 Å². The molecule has 3 nitrogen and oxygen atoms in total. The summed E-state index contributed by atoms with van der Waals surface area (Å²) >= 11 is 0. The van der Waals surface area contributed by atoms with Gasteiger partial charge in [0.1, 0.15) is 0 Å². The molecule has 5 heteroatoms. The van der Waals surface area contributed by atoms with E-state index in [-0.39, 0.29) is 39.3 Å². The van der Waals surface area contributed by atoms with Crippen LogP contribution < -0.4 is 31.1 Å². The molecule has 0 spiro atoms. The van der Waals surface area contributed by atoms with Crippen LogP contribution in [0.5, 0.6) is 0 Å². The Morgan fingerprint density at radius 2 is 1.01 bits per heavy atom. The third-order valence-electron chi connectivity index (χ3n) is 18.3. The van der Waals surface area contributed by atoms with E-state index in [1.165, 1.54) is 120 Å². The molecule has 11 rings (SSSR count). The van der Waals surface area contributed by atoms with Crippen molar-refractivity contribution in [2.24, 2.45) is 0 Å². The molecular weight excluding hydrogens is 854 g/mol. The molecule has 358 valence electrons. The molecule has 0 amide bonds. The fourth-order valence-electron chi connectivity index (χ4n) is 13.5. The first-order chi connectivity index (χ1) is 32.2. The fourth-order valence-corrected chi connectivity index (χ4v) is 14.5. The van der Waals surface area contributed by atoms with Crippen molar-refractivity contribution in [2.45, 2.75) is 160 Å². The zero-order valence-electron chi connectivity index (χ0n) is 45.1. The van der Waals surface area contributed by atoms with Gasteiger partial charge in [-0.3, -0.25) is 0 Å². The maximum absolute atomic E-state index is 2.84. The first-order valence-electron chi connectivity index (χ1n) is 26.1. The summed E-state index contributed by atoms with van der Waals surface area (Å²) in [6.45, 7) is 34.1. The summed E-state index contributed by atoms with van der Waals surface area (Å²) in [6.07, 6.45) is 12.2. The molecule has 6 aromatic rings. The highest BCUT2D eigenvalue weighted by atomic mass is 32.3. The summed E-state index contributed by atoms with van der Waals surface area (Å²) in [5.41, 5.74) is 24.4. The predicted octanol–water partition coefficient (Wildman–Crippen LogP) is 15.8. The Balaban J connectivity index is 1.27. The van der Waals surface area contributed by atoms with Crippen molar-refractivity contribution in [1.82, 2.24) is 0 Å². The minimum atomic E-state index is -0.794.